The summed E-state index contributed by atoms with van der Waals surface area (Å²) in [5, 5.41) is 0. The second kappa shape index (κ2) is 7.98. The Kier molecular flexibility index (Phi) is 5.20. The number of aromatic nitrogens is 4. The van der Waals surface area contributed by atoms with Crippen LogP contribution >= 0.6 is 0 Å². The van der Waals surface area contributed by atoms with Gasteiger partial charge in [0, 0.05) is 35.3 Å². The molecule has 3 aromatic heterocycles. The highest BCUT2D eigenvalue weighted by atomic mass is 19.4. The van der Waals surface area contributed by atoms with Gasteiger partial charge in [-0.2, -0.15) is 0 Å². The number of imidazole rings is 1. The van der Waals surface area contributed by atoms with Crippen molar-refractivity contribution in [1.82, 2.24) is 19.9 Å². The van der Waals surface area contributed by atoms with Crippen molar-refractivity contribution in [1.29, 1.82) is 0 Å². The average molecular weight is 427 g/mol. The normalized spacial score (nSPS) is 11.4. The molecule has 0 aliphatic carbocycles. The van der Waals surface area contributed by atoms with Crippen molar-refractivity contribution in [2.75, 3.05) is 12.8 Å². The molecule has 0 bridgehead atoms. The number of benzene rings is 1. The van der Waals surface area contributed by atoms with Crippen molar-refractivity contribution < 1.29 is 22.6 Å². The molecule has 0 aliphatic rings. The Bertz CT molecular complexity index is 1190. The number of aromatic amines is 1. The van der Waals surface area contributed by atoms with Crippen molar-refractivity contribution in [2.45, 2.75) is 6.36 Å². The third-order valence-electron chi connectivity index (χ3n) is 4.41. The van der Waals surface area contributed by atoms with Crippen molar-refractivity contribution in [3.63, 3.8) is 0 Å². The molecule has 0 unspecified atom stereocenters. The van der Waals surface area contributed by atoms with Gasteiger partial charge in [-0.15, -0.1) is 13.2 Å². The number of alkyl halides is 3. The van der Waals surface area contributed by atoms with Gasteiger partial charge < -0.3 is 20.2 Å². The van der Waals surface area contributed by atoms with Crippen molar-refractivity contribution in [3.8, 4) is 45.4 Å². The van der Waals surface area contributed by atoms with Gasteiger partial charge in [-0.05, 0) is 42.5 Å². The van der Waals surface area contributed by atoms with E-state index in [1.54, 1.807) is 24.7 Å². The molecule has 0 spiro atoms. The van der Waals surface area contributed by atoms with E-state index < -0.39 is 6.36 Å². The Balaban J connectivity index is 1.79. The zero-order chi connectivity index (χ0) is 22.0. The van der Waals surface area contributed by atoms with Gasteiger partial charge in [0.2, 0.25) is 0 Å². The van der Waals surface area contributed by atoms with Gasteiger partial charge in [-0.25, -0.2) is 9.97 Å². The zero-order valence-electron chi connectivity index (χ0n) is 16.1. The Morgan fingerprint density at radius 1 is 0.968 bits per heavy atom. The number of hydrogen-bond donors (Lipinski definition) is 2. The molecule has 31 heavy (non-hydrogen) atoms. The van der Waals surface area contributed by atoms with Crippen LogP contribution in [0.1, 0.15) is 0 Å². The lowest BCUT2D eigenvalue weighted by molar-refractivity contribution is -0.274. The number of rotatable bonds is 5. The first-order valence-electron chi connectivity index (χ1n) is 9.00. The van der Waals surface area contributed by atoms with E-state index in [4.69, 9.17) is 10.5 Å². The second-order valence-corrected chi connectivity index (χ2v) is 6.43. The number of pyridine rings is 2. The summed E-state index contributed by atoms with van der Waals surface area (Å²) >= 11 is 0. The van der Waals surface area contributed by atoms with Crippen LogP contribution in [0.15, 0.2) is 61.1 Å². The Morgan fingerprint density at radius 3 is 2.32 bits per heavy atom. The maximum atomic E-state index is 12.4. The zero-order valence-corrected chi connectivity index (χ0v) is 16.1. The minimum Gasteiger partial charge on any atom is -0.493 e. The number of nitrogens with zero attached hydrogens (tertiary/aromatic N) is 3. The highest BCUT2D eigenvalue weighted by molar-refractivity contribution is 5.81. The first-order chi connectivity index (χ1) is 14.8. The molecular weight excluding hydrogens is 411 g/mol. The molecule has 7 nitrogen and oxygen atoms in total. The number of H-pyrrole nitrogens is 1. The summed E-state index contributed by atoms with van der Waals surface area (Å²) in [5.41, 5.74) is 9.11. The van der Waals surface area contributed by atoms with E-state index in [0.29, 0.717) is 34.1 Å². The lowest BCUT2D eigenvalue weighted by Gasteiger charge is -2.08. The van der Waals surface area contributed by atoms with E-state index in [2.05, 4.69) is 24.7 Å². The van der Waals surface area contributed by atoms with E-state index in [9.17, 15) is 13.2 Å². The highest BCUT2D eigenvalue weighted by Gasteiger charge is 2.31. The number of nitrogens with one attached hydrogen (secondary N) is 1. The fourth-order valence-corrected chi connectivity index (χ4v) is 3.01. The van der Waals surface area contributed by atoms with Crippen LogP contribution in [0.25, 0.3) is 33.9 Å². The number of ether oxygens (including phenoxy) is 2. The van der Waals surface area contributed by atoms with Crippen molar-refractivity contribution in [3.05, 3.63) is 61.1 Å². The molecule has 10 heteroatoms. The number of halogens is 3. The summed E-state index contributed by atoms with van der Waals surface area (Å²) in [6.45, 7) is 0. The third kappa shape index (κ3) is 4.42. The highest BCUT2D eigenvalue weighted by Crippen LogP contribution is 2.35. The minimum absolute atomic E-state index is 0.243. The van der Waals surface area contributed by atoms with Gasteiger partial charge in [0.15, 0.2) is 11.6 Å². The molecular formula is C21H16F3N5O2. The van der Waals surface area contributed by atoms with E-state index in [0.717, 1.165) is 5.56 Å². The van der Waals surface area contributed by atoms with Gasteiger partial charge in [0.05, 0.1) is 18.5 Å². The van der Waals surface area contributed by atoms with Crippen LogP contribution in [-0.2, 0) is 0 Å². The first-order valence-corrected chi connectivity index (χ1v) is 9.00. The molecule has 4 aromatic rings. The summed E-state index contributed by atoms with van der Waals surface area (Å²) < 4.78 is 46.4. The molecule has 0 atom stereocenters. The Hall–Kier alpha value is -4.08. The number of anilines is 1. The van der Waals surface area contributed by atoms with Crippen LogP contribution in [0, 0.1) is 0 Å². The summed E-state index contributed by atoms with van der Waals surface area (Å²) in [6, 6.07) is 10.8. The first kappa shape index (κ1) is 20.2. The molecule has 4 rings (SSSR count). The molecule has 0 radical (unpaired) electrons. The summed E-state index contributed by atoms with van der Waals surface area (Å²) in [6.07, 6.45) is 0.104. The predicted octanol–water partition coefficient (Wildman–Crippen LogP) is 4.69. The number of methoxy groups -OCH3 is 1. The van der Waals surface area contributed by atoms with Gasteiger partial charge in [0.25, 0.3) is 0 Å². The quantitative estimate of drug-likeness (QED) is 0.479. The molecule has 0 fully saturated rings. The fourth-order valence-electron chi connectivity index (χ4n) is 3.01. The smallest absolute Gasteiger partial charge is 0.493 e. The van der Waals surface area contributed by atoms with Crippen molar-refractivity contribution >= 4 is 5.82 Å². The molecule has 0 aliphatic heterocycles. The predicted molar refractivity (Wildman–Crippen MR) is 108 cm³/mol. The van der Waals surface area contributed by atoms with Gasteiger partial charge >= 0.3 is 6.36 Å². The molecule has 1 aromatic carbocycles. The number of hydrogen-bond acceptors (Lipinski definition) is 6. The van der Waals surface area contributed by atoms with Crippen LogP contribution in [0.2, 0.25) is 0 Å². The number of nitrogen functional groups attached to an aromatic ring is 1. The summed E-state index contributed by atoms with van der Waals surface area (Å²) in [4.78, 5) is 16.1. The Morgan fingerprint density at radius 2 is 1.68 bits per heavy atom. The lowest BCUT2D eigenvalue weighted by Crippen LogP contribution is -2.16. The molecule has 0 saturated carbocycles. The lowest BCUT2D eigenvalue weighted by atomic mass is 10.1. The monoisotopic (exact) mass is 427 g/mol. The SMILES string of the molecule is COc1cc(-c2nc(-c3ccc(OC(F)(F)F)cc3)[nH]c2-c2ccncc2)cnc1N. The third-order valence-corrected chi connectivity index (χ3v) is 4.41. The molecule has 158 valence electrons. The largest absolute Gasteiger partial charge is 0.573 e. The van der Waals surface area contributed by atoms with Crippen molar-refractivity contribution in [2.24, 2.45) is 0 Å². The van der Waals surface area contributed by atoms with E-state index in [1.807, 2.05) is 12.1 Å². The van der Waals surface area contributed by atoms with Crippen LogP contribution in [0.3, 0.4) is 0 Å². The molecule has 0 amide bonds. The van der Waals surface area contributed by atoms with Crippen LogP contribution < -0.4 is 15.2 Å². The minimum atomic E-state index is -4.75. The fraction of sp³-hybridized carbons (Fsp3) is 0.0952. The Labute approximate surface area is 174 Å². The number of nitrogens with two attached hydrogens (primary N) is 1. The topological polar surface area (TPSA) is 98.9 Å². The van der Waals surface area contributed by atoms with E-state index in [-0.39, 0.29) is 11.6 Å². The molecule has 0 saturated heterocycles. The molecule has 3 N–H and O–H groups in total. The van der Waals surface area contributed by atoms with Gasteiger partial charge in [-0.1, -0.05) is 0 Å². The molecule has 3 heterocycles. The summed E-state index contributed by atoms with van der Waals surface area (Å²) in [7, 11) is 1.49. The van der Waals surface area contributed by atoms with E-state index >= 15 is 0 Å². The van der Waals surface area contributed by atoms with Crippen LogP contribution in [0.5, 0.6) is 11.5 Å². The van der Waals surface area contributed by atoms with Crippen LogP contribution in [-0.4, -0.2) is 33.4 Å². The van der Waals surface area contributed by atoms with Gasteiger partial charge in [0.1, 0.15) is 11.6 Å². The average Bonchev–Trinajstić information content (AvgIpc) is 3.19. The second-order valence-electron chi connectivity index (χ2n) is 6.43. The van der Waals surface area contributed by atoms with Crippen LogP contribution in [0.4, 0.5) is 19.0 Å². The standard InChI is InChI=1S/C21H16F3N5O2/c1-30-16-10-14(11-27-19(16)25)18-17(12-6-8-26-9-7-12)28-20(29-18)13-2-4-15(5-3-13)31-21(22,23)24/h2-11H,1H3,(H2,25,27)(H,28,29). The maximum absolute atomic E-state index is 12.4. The van der Waals surface area contributed by atoms with E-state index in [1.165, 1.54) is 31.4 Å². The van der Waals surface area contributed by atoms with Gasteiger partial charge in [-0.3, -0.25) is 4.98 Å². The maximum Gasteiger partial charge on any atom is 0.573 e. The summed E-state index contributed by atoms with van der Waals surface area (Å²) in [5.74, 6) is 0.783.